The number of carbonyl (C=O) groups excluding carboxylic acids is 1. The van der Waals surface area contributed by atoms with Crippen LogP contribution in [-0.2, 0) is 4.79 Å². The molecule has 2 aromatic rings. The summed E-state index contributed by atoms with van der Waals surface area (Å²) in [5.74, 6) is 0.148. The van der Waals surface area contributed by atoms with Crippen LogP contribution in [0.5, 0.6) is 5.75 Å². The number of β-amino-alcohol motifs (C(OH)–C–C–N with tert-alkyl or cyclic N) is 1. The molecule has 2 unspecified atom stereocenters. The second kappa shape index (κ2) is 11.3. The van der Waals surface area contributed by atoms with E-state index < -0.39 is 11.0 Å². The SMILES string of the molecule is Cc1ccc([N+](=O)[O-])c(OCC(O)CNC(C)(C)CNc2ccc(C3=NNC(=O)CC3C)cc2)c1. The minimum atomic E-state index is -0.840. The average molecular weight is 484 g/mol. The minimum Gasteiger partial charge on any atom is -0.484 e. The number of rotatable bonds is 11. The first-order valence-corrected chi connectivity index (χ1v) is 11.6. The highest BCUT2D eigenvalue weighted by Crippen LogP contribution is 2.27. The van der Waals surface area contributed by atoms with E-state index in [-0.39, 0.29) is 42.0 Å². The topological polar surface area (TPSA) is 138 Å². The van der Waals surface area contributed by atoms with Crippen molar-refractivity contribution in [3.05, 3.63) is 63.7 Å². The summed E-state index contributed by atoms with van der Waals surface area (Å²) in [4.78, 5) is 22.1. The highest BCUT2D eigenvalue weighted by atomic mass is 16.6. The quantitative estimate of drug-likeness (QED) is 0.285. The van der Waals surface area contributed by atoms with Crippen molar-refractivity contribution in [2.24, 2.45) is 11.0 Å². The fourth-order valence-electron chi connectivity index (χ4n) is 3.67. The summed E-state index contributed by atoms with van der Waals surface area (Å²) in [7, 11) is 0. The Kier molecular flexibility index (Phi) is 8.42. The number of nitro benzene ring substituents is 1. The zero-order valence-corrected chi connectivity index (χ0v) is 20.5. The van der Waals surface area contributed by atoms with Crippen LogP contribution >= 0.6 is 0 Å². The molecule has 10 nitrogen and oxygen atoms in total. The first-order valence-electron chi connectivity index (χ1n) is 11.6. The zero-order valence-electron chi connectivity index (χ0n) is 20.5. The second-order valence-electron chi connectivity index (χ2n) is 9.53. The molecule has 0 fully saturated rings. The van der Waals surface area contributed by atoms with Gasteiger partial charge in [0.05, 0.1) is 10.6 Å². The van der Waals surface area contributed by atoms with Gasteiger partial charge in [0, 0.05) is 42.7 Å². The van der Waals surface area contributed by atoms with Gasteiger partial charge in [0.1, 0.15) is 12.7 Å². The fraction of sp³-hybridized carbons (Fsp3) is 0.440. The predicted molar refractivity (Wildman–Crippen MR) is 135 cm³/mol. The molecule has 0 radical (unpaired) electrons. The molecule has 1 aliphatic rings. The largest absolute Gasteiger partial charge is 0.484 e. The maximum Gasteiger partial charge on any atom is 0.310 e. The molecule has 35 heavy (non-hydrogen) atoms. The first-order chi connectivity index (χ1) is 16.5. The molecule has 1 amide bonds. The summed E-state index contributed by atoms with van der Waals surface area (Å²) < 4.78 is 5.53. The van der Waals surface area contributed by atoms with E-state index in [0.717, 1.165) is 22.5 Å². The van der Waals surface area contributed by atoms with Gasteiger partial charge >= 0.3 is 5.69 Å². The number of benzene rings is 2. The van der Waals surface area contributed by atoms with E-state index in [9.17, 15) is 20.0 Å². The predicted octanol–water partition coefficient (Wildman–Crippen LogP) is 2.98. The summed E-state index contributed by atoms with van der Waals surface area (Å²) in [6.45, 7) is 8.61. The summed E-state index contributed by atoms with van der Waals surface area (Å²) in [6, 6.07) is 12.5. The van der Waals surface area contributed by atoms with E-state index in [0.29, 0.717) is 13.0 Å². The molecule has 0 aliphatic carbocycles. The Morgan fingerprint density at radius 2 is 2.00 bits per heavy atom. The fourth-order valence-corrected chi connectivity index (χ4v) is 3.67. The smallest absolute Gasteiger partial charge is 0.310 e. The Balaban J connectivity index is 1.46. The van der Waals surface area contributed by atoms with Crippen LogP contribution in [0.3, 0.4) is 0 Å². The number of ether oxygens (including phenoxy) is 1. The number of hydrogen-bond donors (Lipinski definition) is 4. The van der Waals surface area contributed by atoms with Crippen molar-refractivity contribution in [2.75, 3.05) is 25.0 Å². The highest BCUT2D eigenvalue weighted by Gasteiger charge is 2.22. The lowest BCUT2D eigenvalue weighted by Gasteiger charge is -2.28. The van der Waals surface area contributed by atoms with Crippen LogP contribution < -0.4 is 20.8 Å². The van der Waals surface area contributed by atoms with Gasteiger partial charge in [-0.05, 0) is 50.1 Å². The third kappa shape index (κ3) is 7.49. The van der Waals surface area contributed by atoms with Crippen molar-refractivity contribution in [2.45, 2.75) is 45.8 Å². The molecule has 0 bridgehead atoms. The van der Waals surface area contributed by atoms with Crippen molar-refractivity contribution in [3.8, 4) is 5.75 Å². The number of hydrazone groups is 1. The summed E-state index contributed by atoms with van der Waals surface area (Å²) >= 11 is 0. The van der Waals surface area contributed by atoms with Gasteiger partial charge in [-0.15, -0.1) is 0 Å². The number of nitro groups is 1. The molecule has 4 N–H and O–H groups in total. The highest BCUT2D eigenvalue weighted by molar-refractivity contribution is 6.05. The molecule has 188 valence electrons. The number of aliphatic hydroxyl groups is 1. The van der Waals surface area contributed by atoms with E-state index in [4.69, 9.17) is 4.74 Å². The molecular formula is C25H33N5O5. The Morgan fingerprint density at radius 1 is 1.29 bits per heavy atom. The van der Waals surface area contributed by atoms with Crippen LogP contribution in [0.4, 0.5) is 11.4 Å². The number of anilines is 1. The minimum absolute atomic E-state index is 0.0645. The van der Waals surface area contributed by atoms with Crippen molar-refractivity contribution in [3.63, 3.8) is 0 Å². The molecule has 10 heteroatoms. The molecule has 2 aromatic carbocycles. The number of amides is 1. The van der Waals surface area contributed by atoms with Crippen molar-refractivity contribution in [1.82, 2.24) is 10.7 Å². The van der Waals surface area contributed by atoms with Gasteiger partial charge in [0.2, 0.25) is 5.91 Å². The third-order valence-corrected chi connectivity index (χ3v) is 5.73. The Bertz CT molecular complexity index is 1080. The standard InChI is InChI=1S/C25H33N5O5/c1-16-5-10-21(30(33)34)22(11-16)35-14-20(31)13-27-25(3,4)15-26-19-8-6-18(7-9-19)24-17(2)12-23(32)28-29-24/h5-11,17,20,26-27,31H,12-15H2,1-4H3,(H,28,32). The van der Waals surface area contributed by atoms with Gasteiger partial charge in [-0.2, -0.15) is 5.10 Å². The number of aryl methyl sites for hydroxylation is 1. The van der Waals surface area contributed by atoms with Gasteiger partial charge in [-0.3, -0.25) is 14.9 Å². The van der Waals surface area contributed by atoms with Gasteiger partial charge < -0.3 is 20.5 Å². The molecule has 0 aromatic heterocycles. The van der Waals surface area contributed by atoms with E-state index in [1.165, 1.54) is 6.07 Å². The Morgan fingerprint density at radius 3 is 2.66 bits per heavy atom. The Labute approximate surface area is 204 Å². The van der Waals surface area contributed by atoms with Crippen molar-refractivity contribution >= 4 is 23.0 Å². The second-order valence-corrected chi connectivity index (χ2v) is 9.53. The molecule has 1 heterocycles. The average Bonchev–Trinajstić information content (AvgIpc) is 2.80. The number of carbonyl (C=O) groups is 1. The maximum atomic E-state index is 11.4. The van der Waals surface area contributed by atoms with E-state index in [2.05, 4.69) is 21.2 Å². The van der Waals surface area contributed by atoms with Crippen LogP contribution in [0, 0.1) is 23.0 Å². The van der Waals surface area contributed by atoms with Gasteiger partial charge in [-0.25, -0.2) is 5.43 Å². The lowest BCUT2D eigenvalue weighted by molar-refractivity contribution is -0.385. The molecular weight excluding hydrogens is 450 g/mol. The maximum absolute atomic E-state index is 11.4. The van der Waals surface area contributed by atoms with Crippen LogP contribution in [0.2, 0.25) is 0 Å². The third-order valence-electron chi connectivity index (χ3n) is 5.73. The molecule has 0 saturated heterocycles. The van der Waals surface area contributed by atoms with E-state index in [1.807, 2.05) is 52.0 Å². The monoisotopic (exact) mass is 483 g/mol. The molecule has 2 atom stereocenters. The number of nitrogens with one attached hydrogen (secondary N) is 3. The lowest BCUT2D eigenvalue weighted by atomic mass is 9.94. The number of hydrogen-bond acceptors (Lipinski definition) is 8. The zero-order chi connectivity index (χ0) is 25.6. The normalized spacial score (nSPS) is 16.8. The molecule has 3 rings (SSSR count). The van der Waals surface area contributed by atoms with Crippen LogP contribution in [-0.4, -0.2) is 53.0 Å². The van der Waals surface area contributed by atoms with Gasteiger partial charge in [0.25, 0.3) is 0 Å². The van der Waals surface area contributed by atoms with Crippen LogP contribution in [0.15, 0.2) is 47.6 Å². The van der Waals surface area contributed by atoms with Crippen LogP contribution in [0.25, 0.3) is 0 Å². The molecule has 1 aliphatic heterocycles. The molecule has 0 saturated carbocycles. The lowest BCUT2D eigenvalue weighted by Crippen LogP contribution is -2.49. The van der Waals surface area contributed by atoms with Gasteiger partial charge in [0.15, 0.2) is 5.75 Å². The van der Waals surface area contributed by atoms with Crippen molar-refractivity contribution < 1.29 is 19.6 Å². The van der Waals surface area contributed by atoms with Crippen molar-refractivity contribution in [1.29, 1.82) is 0 Å². The first kappa shape index (κ1) is 26.1. The Hall–Kier alpha value is -3.50. The number of aliphatic hydroxyl groups excluding tert-OH is 1. The molecule has 0 spiro atoms. The summed E-state index contributed by atoms with van der Waals surface area (Å²) in [5, 5.41) is 32.4. The van der Waals surface area contributed by atoms with E-state index >= 15 is 0 Å². The van der Waals surface area contributed by atoms with Gasteiger partial charge in [-0.1, -0.05) is 25.1 Å². The number of nitrogens with zero attached hydrogens (tertiary/aromatic N) is 2. The summed E-state index contributed by atoms with van der Waals surface area (Å²) in [6.07, 6.45) is -0.412. The van der Waals surface area contributed by atoms with Crippen LogP contribution in [0.1, 0.15) is 38.3 Å². The summed E-state index contributed by atoms with van der Waals surface area (Å²) in [5.41, 5.74) is 5.68. The van der Waals surface area contributed by atoms with E-state index in [1.54, 1.807) is 12.1 Å².